The van der Waals surface area contributed by atoms with Crippen molar-refractivity contribution in [3.8, 4) is 0 Å². The van der Waals surface area contributed by atoms with E-state index >= 15 is 0 Å². The fraction of sp³-hybridized carbons (Fsp3) is 0.333. The van der Waals surface area contributed by atoms with Gasteiger partial charge in [-0.05, 0) is 18.2 Å². The highest BCUT2D eigenvalue weighted by Gasteiger charge is 2.19. The summed E-state index contributed by atoms with van der Waals surface area (Å²) >= 11 is 5.82. The molecule has 2 N–H and O–H groups in total. The van der Waals surface area contributed by atoms with Crippen LogP contribution in [-0.2, 0) is 9.59 Å². The van der Waals surface area contributed by atoms with Gasteiger partial charge in [-0.15, -0.1) is 12.4 Å². The zero-order chi connectivity index (χ0) is 13.0. The maximum atomic E-state index is 11.8. The quantitative estimate of drug-likeness (QED) is 0.880. The first kappa shape index (κ1) is 15.8. The van der Waals surface area contributed by atoms with Crippen LogP contribution in [0.2, 0.25) is 5.02 Å². The van der Waals surface area contributed by atoms with Gasteiger partial charge in [-0.25, -0.2) is 0 Å². The maximum Gasteiger partial charge on any atom is 0.243 e. The van der Waals surface area contributed by atoms with E-state index < -0.39 is 0 Å². The third kappa shape index (κ3) is 4.70. The van der Waals surface area contributed by atoms with Crippen molar-refractivity contribution in [1.82, 2.24) is 10.2 Å². The second kappa shape index (κ2) is 7.33. The Bertz CT molecular complexity index is 468. The van der Waals surface area contributed by atoms with Gasteiger partial charge in [0.1, 0.15) is 0 Å². The monoisotopic (exact) mass is 303 g/mol. The molecule has 1 aliphatic rings. The van der Waals surface area contributed by atoms with E-state index in [1.807, 2.05) is 0 Å². The molecule has 1 aromatic rings. The number of nitrogens with zero attached hydrogens (tertiary/aromatic N) is 1. The van der Waals surface area contributed by atoms with Crippen molar-refractivity contribution in [3.05, 3.63) is 29.3 Å². The summed E-state index contributed by atoms with van der Waals surface area (Å²) in [6.07, 6.45) is 0. The van der Waals surface area contributed by atoms with Gasteiger partial charge in [0.2, 0.25) is 11.8 Å². The van der Waals surface area contributed by atoms with Gasteiger partial charge in [-0.3, -0.25) is 9.59 Å². The molecule has 0 aromatic heterocycles. The molecule has 0 radical (unpaired) electrons. The summed E-state index contributed by atoms with van der Waals surface area (Å²) in [5, 5.41) is 6.23. The fourth-order valence-corrected chi connectivity index (χ4v) is 1.94. The number of piperazine rings is 1. The molecule has 1 saturated heterocycles. The molecular weight excluding hydrogens is 289 g/mol. The molecular formula is C12H15Cl2N3O2. The third-order valence-corrected chi connectivity index (χ3v) is 2.87. The van der Waals surface area contributed by atoms with Gasteiger partial charge in [-0.1, -0.05) is 17.7 Å². The summed E-state index contributed by atoms with van der Waals surface area (Å²) < 4.78 is 0. The Morgan fingerprint density at radius 3 is 2.95 bits per heavy atom. The van der Waals surface area contributed by atoms with Gasteiger partial charge in [-0.2, -0.15) is 0 Å². The Morgan fingerprint density at radius 2 is 2.26 bits per heavy atom. The molecule has 104 valence electrons. The molecule has 0 saturated carbocycles. The molecule has 7 heteroatoms. The van der Waals surface area contributed by atoms with Gasteiger partial charge in [0.25, 0.3) is 0 Å². The number of hydrogen-bond donors (Lipinski definition) is 2. The second-order valence-corrected chi connectivity index (χ2v) is 4.49. The molecule has 2 rings (SSSR count). The number of nitrogens with one attached hydrogen (secondary N) is 2. The van der Waals surface area contributed by atoms with E-state index in [2.05, 4.69) is 10.6 Å². The average molecular weight is 304 g/mol. The molecule has 19 heavy (non-hydrogen) atoms. The predicted molar refractivity (Wildman–Crippen MR) is 76.8 cm³/mol. The average Bonchev–Trinajstić information content (AvgIpc) is 2.32. The number of hydrogen-bond acceptors (Lipinski definition) is 3. The molecule has 1 aromatic carbocycles. The Balaban J connectivity index is 0.00000180. The number of carbonyl (C=O) groups excluding carboxylic acids is 2. The second-order valence-electron chi connectivity index (χ2n) is 4.05. The number of benzene rings is 1. The Morgan fingerprint density at radius 1 is 1.47 bits per heavy atom. The molecule has 5 nitrogen and oxygen atoms in total. The molecule has 0 bridgehead atoms. The number of carbonyl (C=O) groups is 2. The van der Waals surface area contributed by atoms with E-state index in [0.29, 0.717) is 23.8 Å². The van der Waals surface area contributed by atoms with E-state index in [-0.39, 0.29) is 30.8 Å². The summed E-state index contributed by atoms with van der Waals surface area (Å²) in [6.45, 7) is 1.65. The van der Waals surface area contributed by atoms with Crippen molar-refractivity contribution in [2.24, 2.45) is 0 Å². The predicted octanol–water partition coefficient (Wildman–Crippen LogP) is 1.13. The molecule has 1 aliphatic heterocycles. The zero-order valence-corrected chi connectivity index (χ0v) is 11.8. The van der Waals surface area contributed by atoms with Crippen LogP contribution in [0.3, 0.4) is 0 Å². The number of anilines is 1. The summed E-state index contributed by atoms with van der Waals surface area (Å²) in [7, 11) is 0. The van der Waals surface area contributed by atoms with Crippen LogP contribution in [0.5, 0.6) is 0 Å². The minimum atomic E-state index is -0.215. The van der Waals surface area contributed by atoms with Crippen molar-refractivity contribution in [2.75, 3.05) is 31.5 Å². The molecule has 1 heterocycles. The lowest BCUT2D eigenvalue weighted by atomic mass is 10.3. The van der Waals surface area contributed by atoms with Crippen molar-refractivity contribution in [1.29, 1.82) is 0 Å². The first-order valence-corrected chi connectivity index (χ1v) is 6.07. The van der Waals surface area contributed by atoms with Gasteiger partial charge < -0.3 is 15.5 Å². The lowest BCUT2D eigenvalue weighted by Gasteiger charge is -2.26. The number of amides is 2. The van der Waals surface area contributed by atoms with E-state index in [1.165, 1.54) is 4.90 Å². The molecule has 0 unspecified atom stereocenters. The molecule has 0 spiro atoms. The first-order valence-electron chi connectivity index (χ1n) is 5.69. The lowest BCUT2D eigenvalue weighted by Crippen LogP contribution is -2.50. The van der Waals surface area contributed by atoms with Gasteiger partial charge in [0.15, 0.2) is 0 Å². The molecule has 2 amide bonds. The highest BCUT2D eigenvalue weighted by Crippen LogP contribution is 2.14. The third-order valence-electron chi connectivity index (χ3n) is 2.63. The topological polar surface area (TPSA) is 61.4 Å². The van der Waals surface area contributed by atoms with Crippen LogP contribution in [0, 0.1) is 0 Å². The Hall–Kier alpha value is -1.30. The van der Waals surface area contributed by atoms with Crippen molar-refractivity contribution in [2.45, 2.75) is 0 Å². The van der Waals surface area contributed by atoms with Crippen LogP contribution < -0.4 is 10.6 Å². The maximum absolute atomic E-state index is 11.8. The van der Waals surface area contributed by atoms with E-state index in [4.69, 9.17) is 11.6 Å². The summed E-state index contributed by atoms with van der Waals surface area (Å²) in [5.41, 5.74) is 0.634. The Labute approximate surface area is 122 Å². The van der Waals surface area contributed by atoms with E-state index in [1.54, 1.807) is 24.3 Å². The van der Waals surface area contributed by atoms with Crippen LogP contribution in [0.4, 0.5) is 5.69 Å². The van der Waals surface area contributed by atoms with Gasteiger partial charge >= 0.3 is 0 Å². The largest absolute Gasteiger partial charge is 0.331 e. The number of halogens is 2. The van der Waals surface area contributed by atoms with Crippen molar-refractivity contribution in [3.63, 3.8) is 0 Å². The summed E-state index contributed by atoms with van der Waals surface area (Å²) in [6, 6.07) is 6.91. The van der Waals surface area contributed by atoms with E-state index in [0.717, 1.165) is 6.54 Å². The minimum Gasteiger partial charge on any atom is -0.331 e. The van der Waals surface area contributed by atoms with Crippen LogP contribution in [0.25, 0.3) is 0 Å². The molecule has 0 atom stereocenters. The summed E-state index contributed by atoms with van der Waals surface area (Å²) in [4.78, 5) is 24.8. The fourth-order valence-electron chi connectivity index (χ4n) is 1.75. The molecule has 0 aliphatic carbocycles. The first-order chi connectivity index (χ1) is 8.65. The summed E-state index contributed by atoms with van der Waals surface area (Å²) in [5.74, 6) is -0.269. The lowest BCUT2D eigenvalue weighted by molar-refractivity contribution is -0.135. The SMILES string of the molecule is Cl.O=C(CN1CCNCC1=O)Nc1cccc(Cl)c1. The highest BCUT2D eigenvalue weighted by atomic mass is 35.5. The van der Waals surface area contributed by atoms with E-state index in [9.17, 15) is 9.59 Å². The smallest absolute Gasteiger partial charge is 0.243 e. The standard InChI is InChI=1S/C12H14ClN3O2.ClH/c13-9-2-1-3-10(6-9)15-11(17)8-16-5-4-14-7-12(16)18;/h1-3,6,14H,4-5,7-8H2,(H,15,17);1H. The molecule has 1 fully saturated rings. The number of rotatable bonds is 3. The van der Waals surface area contributed by atoms with Crippen molar-refractivity contribution >= 4 is 41.5 Å². The van der Waals surface area contributed by atoms with Crippen LogP contribution in [0.15, 0.2) is 24.3 Å². The normalized spacial score (nSPS) is 14.8. The van der Waals surface area contributed by atoms with Crippen LogP contribution >= 0.6 is 24.0 Å². The zero-order valence-electron chi connectivity index (χ0n) is 10.2. The van der Waals surface area contributed by atoms with Crippen molar-refractivity contribution < 1.29 is 9.59 Å². The highest BCUT2D eigenvalue weighted by molar-refractivity contribution is 6.30. The minimum absolute atomic E-state index is 0. The Kier molecular flexibility index (Phi) is 6.08. The van der Waals surface area contributed by atoms with Crippen LogP contribution in [-0.4, -0.2) is 42.9 Å². The van der Waals surface area contributed by atoms with Crippen LogP contribution in [0.1, 0.15) is 0 Å². The van der Waals surface area contributed by atoms with Gasteiger partial charge in [0, 0.05) is 23.8 Å². The van der Waals surface area contributed by atoms with Gasteiger partial charge in [0.05, 0.1) is 13.1 Å².